The second-order valence-corrected chi connectivity index (χ2v) is 7.21. The fourth-order valence-electron chi connectivity index (χ4n) is 2.57. The minimum Gasteiger partial charge on any atom is -0.467 e. The highest BCUT2D eigenvalue weighted by molar-refractivity contribution is 7.98. The monoisotopic (exact) mass is 398 g/mol. The average Bonchev–Trinajstić information content (AvgIpc) is 3.33. The summed E-state index contributed by atoms with van der Waals surface area (Å²) in [4.78, 5) is 16.7. The second kappa shape index (κ2) is 7.90. The summed E-state index contributed by atoms with van der Waals surface area (Å²) < 4.78 is 10.9. The van der Waals surface area contributed by atoms with Crippen molar-refractivity contribution < 1.29 is 13.6 Å². The summed E-state index contributed by atoms with van der Waals surface area (Å²) in [5.41, 5.74) is 3.04. The Morgan fingerprint density at radius 1 is 1.15 bits per heavy atom. The molecule has 4 aromatic rings. The molecule has 0 aliphatic rings. The number of aromatic nitrogens is 1. The summed E-state index contributed by atoms with van der Waals surface area (Å²) in [6, 6.07) is 16.4. The third-order valence-electron chi connectivity index (χ3n) is 3.88. The van der Waals surface area contributed by atoms with Gasteiger partial charge in [-0.2, -0.15) is 0 Å². The van der Waals surface area contributed by atoms with E-state index in [1.807, 2.05) is 24.3 Å². The number of rotatable bonds is 6. The van der Waals surface area contributed by atoms with Gasteiger partial charge in [0.25, 0.3) is 11.1 Å². The van der Waals surface area contributed by atoms with Gasteiger partial charge in [0, 0.05) is 16.3 Å². The van der Waals surface area contributed by atoms with Crippen molar-refractivity contribution in [3.8, 4) is 0 Å². The number of amides is 1. The Labute approximate surface area is 164 Å². The first kappa shape index (κ1) is 17.7. The maximum absolute atomic E-state index is 12.3. The number of halogens is 1. The summed E-state index contributed by atoms with van der Waals surface area (Å²) in [6.45, 7) is 0.357. The SMILES string of the molecule is O=C(NCc1ccco1)c1cccc(CSc2nc3cc(Cl)ccc3o2)c1. The topological polar surface area (TPSA) is 68.3 Å². The Hall–Kier alpha value is -2.70. The number of nitrogens with zero attached hydrogens (tertiary/aromatic N) is 1. The van der Waals surface area contributed by atoms with Crippen molar-refractivity contribution in [1.29, 1.82) is 0 Å². The highest BCUT2D eigenvalue weighted by atomic mass is 35.5. The fourth-order valence-corrected chi connectivity index (χ4v) is 3.52. The molecule has 0 aliphatic carbocycles. The number of benzene rings is 2. The molecule has 0 fully saturated rings. The number of nitrogens with one attached hydrogen (secondary N) is 1. The Balaban J connectivity index is 1.40. The summed E-state index contributed by atoms with van der Waals surface area (Å²) in [5, 5.41) is 4.04. The number of oxazole rings is 1. The lowest BCUT2D eigenvalue weighted by Gasteiger charge is -2.05. The van der Waals surface area contributed by atoms with Gasteiger partial charge in [-0.3, -0.25) is 4.79 Å². The Kier molecular flexibility index (Phi) is 5.18. The molecule has 0 unspecified atom stereocenters. The molecule has 1 amide bonds. The summed E-state index contributed by atoms with van der Waals surface area (Å²) in [5.74, 6) is 1.21. The zero-order valence-electron chi connectivity index (χ0n) is 14.1. The molecule has 0 spiro atoms. The molecule has 2 heterocycles. The van der Waals surface area contributed by atoms with E-state index < -0.39 is 0 Å². The van der Waals surface area contributed by atoms with Crippen LogP contribution in [0.1, 0.15) is 21.7 Å². The molecule has 0 aliphatic heterocycles. The van der Waals surface area contributed by atoms with E-state index >= 15 is 0 Å². The van der Waals surface area contributed by atoms with Gasteiger partial charge in [-0.25, -0.2) is 4.98 Å². The maximum atomic E-state index is 12.3. The third kappa shape index (κ3) is 4.35. The van der Waals surface area contributed by atoms with Crippen LogP contribution in [-0.2, 0) is 12.3 Å². The highest BCUT2D eigenvalue weighted by Gasteiger charge is 2.10. The van der Waals surface area contributed by atoms with Crippen molar-refractivity contribution in [3.63, 3.8) is 0 Å². The number of fused-ring (bicyclic) bond motifs is 1. The molecule has 2 aromatic heterocycles. The van der Waals surface area contributed by atoms with Crippen LogP contribution >= 0.6 is 23.4 Å². The van der Waals surface area contributed by atoms with Crippen LogP contribution in [0.5, 0.6) is 0 Å². The predicted molar refractivity (Wildman–Crippen MR) is 105 cm³/mol. The van der Waals surface area contributed by atoms with Crippen molar-refractivity contribution in [1.82, 2.24) is 10.3 Å². The number of thioether (sulfide) groups is 1. The van der Waals surface area contributed by atoms with Gasteiger partial charge >= 0.3 is 0 Å². The maximum Gasteiger partial charge on any atom is 0.257 e. The quantitative estimate of drug-likeness (QED) is 0.446. The van der Waals surface area contributed by atoms with Crippen LogP contribution in [0.25, 0.3) is 11.1 Å². The third-order valence-corrected chi connectivity index (χ3v) is 5.02. The zero-order chi connectivity index (χ0) is 18.6. The van der Waals surface area contributed by atoms with Crippen LogP contribution in [0.4, 0.5) is 0 Å². The number of carbonyl (C=O) groups is 1. The normalized spacial score (nSPS) is 11.0. The Morgan fingerprint density at radius 3 is 2.93 bits per heavy atom. The summed E-state index contributed by atoms with van der Waals surface area (Å²) in [6.07, 6.45) is 1.58. The van der Waals surface area contributed by atoms with Gasteiger partial charge in [-0.1, -0.05) is 35.5 Å². The summed E-state index contributed by atoms with van der Waals surface area (Å²) >= 11 is 7.44. The molecule has 136 valence electrons. The first-order valence-electron chi connectivity index (χ1n) is 8.26. The lowest BCUT2D eigenvalue weighted by molar-refractivity contribution is 0.0948. The molecule has 1 N–H and O–H groups in total. The van der Waals surface area contributed by atoms with Crippen LogP contribution in [-0.4, -0.2) is 10.9 Å². The smallest absolute Gasteiger partial charge is 0.257 e. The van der Waals surface area contributed by atoms with E-state index in [9.17, 15) is 4.79 Å². The van der Waals surface area contributed by atoms with Crippen molar-refractivity contribution in [3.05, 3.63) is 82.8 Å². The first-order chi connectivity index (χ1) is 13.2. The predicted octanol–water partition coefficient (Wildman–Crippen LogP) is 5.30. The Morgan fingerprint density at radius 2 is 2.07 bits per heavy atom. The number of furan rings is 1. The average molecular weight is 399 g/mol. The molecule has 7 heteroatoms. The van der Waals surface area contributed by atoms with Gasteiger partial charge in [0.05, 0.1) is 12.8 Å². The van der Waals surface area contributed by atoms with Crippen molar-refractivity contribution in [2.45, 2.75) is 17.5 Å². The first-order valence-corrected chi connectivity index (χ1v) is 9.62. The molecule has 27 heavy (non-hydrogen) atoms. The van der Waals surface area contributed by atoms with E-state index in [0.717, 1.165) is 11.1 Å². The lowest BCUT2D eigenvalue weighted by Crippen LogP contribution is -2.22. The number of hydrogen-bond acceptors (Lipinski definition) is 5. The molecular weight excluding hydrogens is 384 g/mol. The van der Waals surface area contributed by atoms with Gasteiger partial charge in [0.1, 0.15) is 11.3 Å². The molecule has 0 atom stereocenters. The van der Waals surface area contributed by atoms with Crippen LogP contribution in [0.3, 0.4) is 0 Å². The number of carbonyl (C=O) groups excluding carboxylic acids is 1. The molecule has 0 radical (unpaired) electrons. The lowest BCUT2D eigenvalue weighted by atomic mass is 10.1. The van der Waals surface area contributed by atoms with Gasteiger partial charge in [-0.15, -0.1) is 0 Å². The fraction of sp³-hybridized carbons (Fsp3) is 0.100. The molecule has 0 bridgehead atoms. The van der Waals surface area contributed by atoms with Crippen molar-refractivity contribution in [2.75, 3.05) is 0 Å². The van der Waals surface area contributed by atoms with Gasteiger partial charge in [0.15, 0.2) is 5.58 Å². The van der Waals surface area contributed by atoms with Gasteiger partial charge in [-0.05, 0) is 48.0 Å². The standard InChI is InChI=1S/C20H15ClN2O3S/c21-15-6-7-18-17(10-15)23-20(26-18)27-12-13-3-1-4-14(9-13)19(24)22-11-16-5-2-8-25-16/h1-10H,11-12H2,(H,22,24). The molecule has 4 rings (SSSR count). The molecule has 0 saturated heterocycles. The zero-order valence-corrected chi connectivity index (χ0v) is 15.7. The van der Waals surface area contributed by atoms with E-state index in [0.29, 0.717) is 39.4 Å². The molecule has 5 nitrogen and oxygen atoms in total. The Bertz CT molecular complexity index is 1080. The molecule has 0 saturated carbocycles. The van der Waals surface area contributed by atoms with E-state index in [1.165, 1.54) is 11.8 Å². The van der Waals surface area contributed by atoms with Crippen LogP contribution in [0.15, 0.2) is 74.9 Å². The molecular formula is C20H15ClN2O3S. The molecule has 2 aromatic carbocycles. The largest absolute Gasteiger partial charge is 0.467 e. The summed E-state index contributed by atoms with van der Waals surface area (Å²) in [7, 11) is 0. The second-order valence-electron chi connectivity index (χ2n) is 5.84. The number of hydrogen-bond donors (Lipinski definition) is 1. The van der Waals surface area contributed by atoms with E-state index in [1.54, 1.807) is 36.6 Å². The minimum absolute atomic E-state index is 0.144. The highest BCUT2D eigenvalue weighted by Crippen LogP contribution is 2.28. The van der Waals surface area contributed by atoms with E-state index in [4.69, 9.17) is 20.4 Å². The van der Waals surface area contributed by atoms with Gasteiger partial charge < -0.3 is 14.2 Å². The van der Waals surface area contributed by atoms with Crippen LogP contribution in [0.2, 0.25) is 5.02 Å². The van der Waals surface area contributed by atoms with Gasteiger partial charge in [0.2, 0.25) is 0 Å². The van der Waals surface area contributed by atoms with Crippen LogP contribution in [0, 0.1) is 0 Å². The van der Waals surface area contributed by atoms with Crippen molar-refractivity contribution in [2.24, 2.45) is 0 Å². The minimum atomic E-state index is -0.144. The van der Waals surface area contributed by atoms with E-state index in [-0.39, 0.29) is 5.91 Å². The van der Waals surface area contributed by atoms with E-state index in [2.05, 4.69) is 10.3 Å². The van der Waals surface area contributed by atoms with Crippen LogP contribution < -0.4 is 5.32 Å². The van der Waals surface area contributed by atoms with Crippen molar-refractivity contribution >= 4 is 40.4 Å².